The molecule has 0 bridgehead atoms. The highest BCUT2D eigenvalue weighted by molar-refractivity contribution is 5.85. The number of aryl methyl sites for hydroxylation is 1. The molecule has 1 unspecified atom stereocenters. The summed E-state index contributed by atoms with van der Waals surface area (Å²) in [4.78, 5) is 14.1. The molecule has 3 rings (SSSR count). The van der Waals surface area contributed by atoms with Crippen LogP contribution in [0.2, 0.25) is 0 Å². The second kappa shape index (κ2) is 9.11. The van der Waals surface area contributed by atoms with Crippen molar-refractivity contribution in [3.05, 3.63) is 54.1 Å². The van der Waals surface area contributed by atoms with Gasteiger partial charge in [-0.1, -0.05) is 24.6 Å². The number of rotatable bonds is 6. The highest BCUT2D eigenvalue weighted by atomic mass is 35.5. The zero-order valence-corrected chi connectivity index (χ0v) is 16.6. The van der Waals surface area contributed by atoms with Crippen molar-refractivity contribution in [2.75, 3.05) is 26.2 Å². The maximum absolute atomic E-state index is 12.3. The van der Waals surface area contributed by atoms with Crippen LogP contribution in [0, 0.1) is 12.3 Å². The fourth-order valence-corrected chi connectivity index (χ4v) is 2.99. The van der Waals surface area contributed by atoms with Gasteiger partial charge in [0.2, 0.25) is 0 Å². The first-order valence-electron chi connectivity index (χ1n) is 8.93. The topological polar surface area (TPSA) is 64.8 Å². The molecule has 0 aliphatic carbocycles. The highest BCUT2D eigenvalue weighted by Gasteiger charge is 2.34. The van der Waals surface area contributed by atoms with Crippen molar-refractivity contribution in [2.45, 2.75) is 20.3 Å². The first-order valence-corrected chi connectivity index (χ1v) is 8.93. The fraction of sp³-hybridized carbons (Fsp3) is 0.381. The van der Waals surface area contributed by atoms with Crippen LogP contribution >= 0.6 is 12.4 Å². The molecule has 1 aliphatic heterocycles. The van der Waals surface area contributed by atoms with Gasteiger partial charge in [-0.3, -0.25) is 4.79 Å². The van der Waals surface area contributed by atoms with E-state index in [1.165, 1.54) is 5.56 Å². The molecule has 0 radical (unpaired) electrons. The van der Waals surface area contributed by atoms with Crippen LogP contribution in [0.3, 0.4) is 0 Å². The number of nitrogens with zero attached hydrogens (tertiary/aromatic N) is 1. The maximum atomic E-state index is 12.3. The van der Waals surface area contributed by atoms with Crippen LogP contribution < -0.4 is 15.2 Å². The Bertz CT molecular complexity index is 749. The van der Waals surface area contributed by atoms with Crippen molar-refractivity contribution >= 4 is 18.3 Å². The maximum Gasteiger partial charge on any atom is 0.260 e. The van der Waals surface area contributed by atoms with Crippen LogP contribution in [-0.4, -0.2) is 37.0 Å². The van der Waals surface area contributed by atoms with Gasteiger partial charge in [0.25, 0.3) is 5.91 Å². The van der Waals surface area contributed by atoms with Gasteiger partial charge in [0.05, 0.1) is 0 Å². The lowest BCUT2D eigenvalue weighted by molar-refractivity contribution is -0.132. The minimum absolute atomic E-state index is 0. The molecule has 0 saturated carbocycles. The monoisotopic (exact) mass is 390 g/mol. The van der Waals surface area contributed by atoms with Crippen LogP contribution in [0.15, 0.2) is 48.5 Å². The number of nitrogens with two attached hydrogens (primary N) is 1. The molecule has 6 heteroatoms. The van der Waals surface area contributed by atoms with Crippen LogP contribution in [0.25, 0.3) is 0 Å². The average Bonchev–Trinajstić information content (AvgIpc) is 3.06. The number of hydrogen-bond acceptors (Lipinski definition) is 4. The molecule has 1 atom stereocenters. The zero-order chi connectivity index (χ0) is 18.6. The van der Waals surface area contributed by atoms with E-state index in [0.717, 1.165) is 24.5 Å². The number of hydrogen-bond donors (Lipinski definition) is 1. The number of carbonyl (C=O) groups excluding carboxylic acids is 1. The molecule has 1 aliphatic rings. The van der Waals surface area contributed by atoms with Gasteiger partial charge < -0.3 is 20.1 Å². The predicted octanol–water partition coefficient (Wildman–Crippen LogP) is 3.79. The van der Waals surface area contributed by atoms with E-state index in [2.05, 4.69) is 6.92 Å². The Labute approximate surface area is 166 Å². The minimum atomic E-state index is 0. The number of likely N-dealkylation sites (tertiary alicyclic amines) is 1. The molecule has 5 nitrogen and oxygen atoms in total. The quantitative estimate of drug-likeness (QED) is 0.815. The summed E-state index contributed by atoms with van der Waals surface area (Å²) in [6, 6.07) is 15.2. The van der Waals surface area contributed by atoms with Crippen LogP contribution in [-0.2, 0) is 4.79 Å². The second-order valence-corrected chi connectivity index (χ2v) is 7.26. The van der Waals surface area contributed by atoms with Crippen LogP contribution in [0.1, 0.15) is 18.9 Å². The number of halogens is 1. The fourth-order valence-electron chi connectivity index (χ4n) is 2.99. The van der Waals surface area contributed by atoms with E-state index in [9.17, 15) is 4.79 Å². The van der Waals surface area contributed by atoms with Gasteiger partial charge in [-0.25, -0.2) is 0 Å². The van der Waals surface area contributed by atoms with E-state index in [1.54, 1.807) is 0 Å². The van der Waals surface area contributed by atoms with Crippen molar-refractivity contribution in [3.8, 4) is 17.2 Å². The molecule has 1 amide bonds. The summed E-state index contributed by atoms with van der Waals surface area (Å²) in [5, 5.41) is 0. The van der Waals surface area contributed by atoms with E-state index < -0.39 is 0 Å². The Morgan fingerprint density at radius 1 is 1.07 bits per heavy atom. The molecular formula is C21H27ClN2O3. The lowest BCUT2D eigenvalue weighted by atomic mass is 9.90. The highest BCUT2D eigenvalue weighted by Crippen LogP contribution is 2.28. The Morgan fingerprint density at radius 2 is 1.63 bits per heavy atom. The largest absolute Gasteiger partial charge is 0.484 e. The average molecular weight is 391 g/mol. The molecule has 1 saturated heterocycles. The smallest absolute Gasteiger partial charge is 0.260 e. The van der Waals surface area contributed by atoms with E-state index >= 15 is 0 Å². The summed E-state index contributed by atoms with van der Waals surface area (Å²) in [5.41, 5.74) is 7.01. The molecule has 2 aromatic rings. The lowest BCUT2D eigenvalue weighted by Gasteiger charge is -2.22. The van der Waals surface area contributed by atoms with E-state index in [-0.39, 0.29) is 30.3 Å². The molecule has 146 valence electrons. The molecule has 2 N–H and O–H groups in total. The van der Waals surface area contributed by atoms with Crippen LogP contribution in [0.4, 0.5) is 0 Å². The van der Waals surface area contributed by atoms with Gasteiger partial charge in [0, 0.05) is 13.1 Å². The zero-order valence-electron chi connectivity index (χ0n) is 15.8. The standard InChI is InChI=1S/C21H26N2O3.ClH/c1-16-3-5-18(6-4-16)26-19-9-7-17(8-10-19)25-13-20(24)23-12-11-21(2,14-22)15-23;/h3-10H,11-15,22H2,1-2H3;1H. The van der Waals surface area contributed by atoms with E-state index in [1.807, 2.05) is 60.4 Å². The second-order valence-electron chi connectivity index (χ2n) is 7.26. The SMILES string of the molecule is Cc1ccc(Oc2ccc(OCC(=O)N3CCC(C)(CN)C3)cc2)cc1.Cl. The van der Waals surface area contributed by atoms with Crippen molar-refractivity contribution in [3.63, 3.8) is 0 Å². The summed E-state index contributed by atoms with van der Waals surface area (Å²) in [5.74, 6) is 2.17. The van der Waals surface area contributed by atoms with Crippen molar-refractivity contribution in [2.24, 2.45) is 11.1 Å². The third kappa shape index (κ3) is 5.62. The summed E-state index contributed by atoms with van der Waals surface area (Å²) in [6.45, 7) is 6.25. The Kier molecular flexibility index (Phi) is 7.11. The minimum Gasteiger partial charge on any atom is -0.484 e. The van der Waals surface area contributed by atoms with Gasteiger partial charge in [-0.05, 0) is 61.7 Å². The number of ether oxygens (including phenoxy) is 2. The summed E-state index contributed by atoms with van der Waals surface area (Å²) in [7, 11) is 0. The molecule has 0 aromatic heterocycles. The van der Waals surface area contributed by atoms with Crippen molar-refractivity contribution in [1.29, 1.82) is 0 Å². The molecular weight excluding hydrogens is 364 g/mol. The summed E-state index contributed by atoms with van der Waals surface area (Å²) < 4.78 is 11.4. The summed E-state index contributed by atoms with van der Waals surface area (Å²) in [6.07, 6.45) is 0.945. The van der Waals surface area contributed by atoms with Crippen molar-refractivity contribution in [1.82, 2.24) is 4.90 Å². The Hall–Kier alpha value is -2.24. The molecule has 27 heavy (non-hydrogen) atoms. The summed E-state index contributed by atoms with van der Waals surface area (Å²) >= 11 is 0. The lowest BCUT2D eigenvalue weighted by Crippen LogP contribution is -2.36. The van der Waals surface area contributed by atoms with Gasteiger partial charge >= 0.3 is 0 Å². The predicted molar refractivity (Wildman–Crippen MR) is 109 cm³/mol. The molecule has 1 fully saturated rings. The molecule has 2 aromatic carbocycles. The molecule has 0 spiro atoms. The molecule has 1 heterocycles. The van der Waals surface area contributed by atoms with Gasteiger partial charge in [-0.15, -0.1) is 12.4 Å². The first kappa shape index (κ1) is 21.1. The number of benzene rings is 2. The Morgan fingerprint density at radius 3 is 2.19 bits per heavy atom. The van der Waals surface area contributed by atoms with Gasteiger partial charge in [0.1, 0.15) is 17.2 Å². The number of amides is 1. The van der Waals surface area contributed by atoms with Gasteiger partial charge in [-0.2, -0.15) is 0 Å². The van der Waals surface area contributed by atoms with E-state index in [0.29, 0.717) is 18.8 Å². The normalized spacial score (nSPS) is 18.7. The van der Waals surface area contributed by atoms with E-state index in [4.69, 9.17) is 15.2 Å². The Balaban J connectivity index is 0.00000261. The number of carbonyl (C=O) groups is 1. The first-order chi connectivity index (χ1) is 12.5. The third-order valence-electron chi connectivity index (χ3n) is 4.85. The van der Waals surface area contributed by atoms with Gasteiger partial charge in [0.15, 0.2) is 6.61 Å². The van der Waals surface area contributed by atoms with Crippen LogP contribution in [0.5, 0.6) is 17.2 Å². The van der Waals surface area contributed by atoms with Crippen molar-refractivity contribution < 1.29 is 14.3 Å². The third-order valence-corrected chi connectivity index (χ3v) is 4.85.